The van der Waals surface area contributed by atoms with E-state index in [1.165, 1.54) is 50.5 Å². The molecule has 0 radical (unpaired) electrons. The van der Waals surface area contributed by atoms with Crippen molar-refractivity contribution in [2.24, 2.45) is 16.7 Å². The van der Waals surface area contributed by atoms with E-state index in [2.05, 4.69) is 44.2 Å². The summed E-state index contributed by atoms with van der Waals surface area (Å²) in [7, 11) is 1.77. The number of ether oxygens (including phenoxy) is 3. The summed E-state index contributed by atoms with van der Waals surface area (Å²) < 4.78 is 18.1. The van der Waals surface area contributed by atoms with Crippen LogP contribution in [0.3, 0.4) is 0 Å². The first kappa shape index (κ1) is 20.6. The first-order valence-electron chi connectivity index (χ1n) is 12.2. The number of rotatable bonds is 4. The number of benzene rings is 1. The minimum atomic E-state index is 0.0225. The van der Waals surface area contributed by atoms with Gasteiger partial charge in [-0.1, -0.05) is 25.1 Å². The number of aryl methyl sites for hydroxylation is 1. The van der Waals surface area contributed by atoms with Crippen molar-refractivity contribution >= 4 is 0 Å². The highest BCUT2D eigenvalue weighted by atomic mass is 16.7. The zero-order valence-electron chi connectivity index (χ0n) is 19.0. The van der Waals surface area contributed by atoms with Gasteiger partial charge in [0.05, 0.1) is 13.2 Å². The van der Waals surface area contributed by atoms with Gasteiger partial charge in [-0.15, -0.1) is 0 Å². The highest BCUT2D eigenvalue weighted by molar-refractivity contribution is 5.43. The Morgan fingerprint density at radius 2 is 2.00 bits per heavy atom. The largest absolute Gasteiger partial charge is 0.497 e. The van der Waals surface area contributed by atoms with Crippen LogP contribution < -0.4 is 4.74 Å². The van der Waals surface area contributed by atoms with Gasteiger partial charge in [0.2, 0.25) is 0 Å². The van der Waals surface area contributed by atoms with Gasteiger partial charge >= 0.3 is 0 Å². The topological polar surface area (TPSA) is 27.7 Å². The lowest BCUT2D eigenvalue weighted by Crippen LogP contribution is -2.51. The molecule has 3 heteroatoms. The second kappa shape index (κ2) is 7.98. The standard InChI is InChI=1S/C27H38O3/c1-4-14-27-16-12-19-18-20(28-3)8-9-21(19)22(27)13-15-26(2)23(27)10-11-24(26)30-25-7-5-6-17-29-25/h4,8-9,14,18,22-25H,5-7,10-13,15-17H2,1-3H3/b14-4-/t22-,23-,24+,25?,26+,27-/m1/s1. The van der Waals surface area contributed by atoms with E-state index >= 15 is 0 Å². The molecule has 164 valence electrons. The normalized spacial score (nSPS) is 40.6. The van der Waals surface area contributed by atoms with E-state index < -0.39 is 0 Å². The van der Waals surface area contributed by atoms with Gasteiger partial charge in [0.25, 0.3) is 0 Å². The molecule has 3 nitrogen and oxygen atoms in total. The van der Waals surface area contributed by atoms with Gasteiger partial charge < -0.3 is 14.2 Å². The monoisotopic (exact) mass is 410 g/mol. The summed E-state index contributed by atoms with van der Waals surface area (Å²) in [6.07, 6.45) is 16.1. The predicted octanol–water partition coefficient (Wildman–Crippen LogP) is 6.41. The van der Waals surface area contributed by atoms with Crippen molar-refractivity contribution in [2.45, 2.75) is 89.9 Å². The maximum Gasteiger partial charge on any atom is 0.157 e. The minimum absolute atomic E-state index is 0.0225. The van der Waals surface area contributed by atoms with E-state index in [-0.39, 0.29) is 17.1 Å². The Balaban J connectivity index is 1.46. The maximum atomic E-state index is 6.66. The number of allylic oxidation sites excluding steroid dienone is 2. The van der Waals surface area contributed by atoms with Crippen LogP contribution in [0.25, 0.3) is 0 Å². The molecule has 1 saturated heterocycles. The van der Waals surface area contributed by atoms with Crippen LogP contribution >= 0.6 is 0 Å². The summed E-state index contributed by atoms with van der Waals surface area (Å²) >= 11 is 0. The molecule has 5 rings (SSSR count). The molecule has 0 N–H and O–H groups in total. The summed E-state index contributed by atoms with van der Waals surface area (Å²) in [5, 5.41) is 0. The third-order valence-electron chi connectivity index (χ3n) is 9.00. The van der Waals surface area contributed by atoms with Crippen LogP contribution in [0.1, 0.15) is 82.3 Å². The van der Waals surface area contributed by atoms with Crippen molar-refractivity contribution in [3.05, 3.63) is 41.5 Å². The lowest BCUT2D eigenvalue weighted by atomic mass is 9.47. The average Bonchev–Trinajstić information content (AvgIpc) is 3.11. The SMILES string of the molecule is C/C=C\[C@@]12CCc3cc(OC)ccc3[C@H]1CC[C@]1(C)[C@@H](OC3CCCCO3)CC[C@H]12. The first-order valence-corrected chi connectivity index (χ1v) is 12.2. The Morgan fingerprint density at radius 3 is 2.77 bits per heavy atom. The Bertz CT molecular complexity index is 795. The Labute approximate surface area is 182 Å². The van der Waals surface area contributed by atoms with Gasteiger partial charge in [-0.3, -0.25) is 0 Å². The third-order valence-corrected chi connectivity index (χ3v) is 9.00. The molecule has 6 atom stereocenters. The molecule has 3 aliphatic carbocycles. The van der Waals surface area contributed by atoms with Crippen molar-refractivity contribution in [2.75, 3.05) is 13.7 Å². The van der Waals surface area contributed by atoms with Crippen LogP contribution in [0, 0.1) is 16.7 Å². The number of hydrogen-bond donors (Lipinski definition) is 0. The molecule has 1 unspecified atom stereocenters. The molecule has 2 saturated carbocycles. The van der Waals surface area contributed by atoms with Crippen LogP contribution in [-0.4, -0.2) is 26.1 Å². The van der Waals surface area contributed by atoms with Crippen LogP contribution in [0.15, 0.2) is 30.4 Å². The number of hydrogen-bond acceptors (Lipinski definition) is 3. The number of fused-ring (bicyclic) bond motifs is 5. The molecule has 1 aromatic rings. The fraction of sp³-hybridized carbons (Fsp3) is 0.704. The molecule has 0 spiro atoms. The molecular weight excluding hydrogens is 372 g/mol. The van der Waals surface area contributed by atoms with Crippen LogP contribution in [-0.2, 0) is 15.9 Å². The summed E-state index contributed by atoms with van der Waals surface area (Å²) in [4.78, 5) is 0. The second-order valence-electron chi connectivity index (χ2n) is 10.3. The molecule has 1 heterocycles. The van der Waals surface area contributed by atoms with Crippen LogP contribution in [0.2, 0.25) is 0 Å². The van der Waals surface area contributed by atoms with Gasteiger partial charge in [0.15, 0.2) is 6.29 Å². The zero-order valence-corrected chi connectivity index (χ0v) is 19.0. The lowest BCUT2D eigenvalue weighted by Gasteiger charge is -2.57. The van der Waals surface area contributed by atoms with Gasteiger partial charge in [0, 0.05) is 6.61 Å². The van der Waals surface area contributed by atoms with Gasteiger partial charge in [-0.25, -0.2) is 0 Å². The van der Waals surface area contributed by atoms with E-state index in [0.29, 0.717) is 17.9 Å². The second-order valence-corrected chi connectivity index (χ2v) is 10.3. The summed E-state index contributed by atoms with van der Waals surface area (Å²) in [6, 6.07) is 6.81. The summed E-state index contributed by atoms with van der Waals surface area (Å²) in [6.45, 7) is 5.60. The first-order chi connectivity index (χ1) is 14.6. The molecule has 30 heavy (non-hydrogen) atoms. The van der Waals surface area contributed by atoms with Crippen LogP contribution in [0.5, 0.6) is 5.75 Å². The Hall–Kier alpha value is -1.32. The molecular formula is C27H38O3. The third kappa shape index (κ3) is 3.15. The van der Waals surface area contributed by atoms with Crippen molar-refractivity contribution in [3.63, 3.8) is 0 Å². The van der Waals surface area contributed by atoms with Crippen molar-refractivity contribution in [1.29, 1.82) is 0 Å². The molecule has 0 amide bonds. The number of methoxy groups -OCH3 is 1. The van der Waals surface area contributed by atoms with Crippen molar-refractivity contribution < 1.29 is 14.2 Å². The molecule has 0 aromatic heterocycles. The smallest absolute Gasteiger partial charge is 0.157 e. The maximum absolute atomic E-state index is 6.66. The fourth-order valence-corrected chi connectivity index (χ4v) is 7.65. The van der Waals surface area contributed by atoms with Crippen molar-refractivity contribution in [3.8, 4) is 5.75 Å². The van der Waals surface area contributed by atoms with Gasteiger partial charge in [0.1, 0.15) is 5.75 Å². The molecule has 1 aliphatic heterocycles. The van der Waals surface area contributed by atoms with Gasteiger partial charge in [-0.2, -0.15) is 0 Å². The zero-order chi connectivity index (χ0) is 20.8. The Kier molecular flexibility index (Phi) is 5.48. The summed E-state index contributed by atoms with van der Waals surface area (Å²) in [5.74, 6) is 2.30. The van der Waals surface area contributed by atoms with Gasteiger partial charge in [-0.05, 0) is 111 Å². The Morgan fingerprint density at radius 1 is 1.10 bits per heavy atom. The van der Waals surface area contributed by atoms with E-state index in [0.717, 1.165) is 25.2 Å². The van der Waals surface area contributed by atoms with E-state index in [9.17, 15) is 0 Å². The van der Waals surface area contributed by atoms with E-state index in [4.69, 9.17) is 14.2 Å². The van der Waals surface area contributed by atoms with E-state index in [1.807, 2.05) is 0 Å². The molecule has 3 fully saturated rings. The summed E-state index contributed by atoms with van der Waals surface area (Å²) in [5.41, 5.74) is 3.59. The lowest BCUT2D eigenvalue weighted by molar-refractivity contribution is -0.215. The van der Waals surface area contributed by atoms with Crippen LogP contribution in [0.4, 0.5) is 0 Å². The van der Waals surface area contributed by atoms with E-state index in [1.54, 1.807) is 12.7 Å². The highest BCUT2D eigenvalue weighted by Gasteiger charge is 2.61. The fourth-order valence-electron chi connectivity index (χ4n) is 7.65. The minimum Gasteiger partial charge on any atom is -0.497 e. The average molecular weight is 411 g/mol. The molecule has 0 bridgehead atoms. The van der Waals surface area contributed by atoms with Crippen molar-refractivity contribution in [1.82, 2.24) is 0 Å². The highest BCUT2D eigenvalue weighted by Crippen LogP contribution is 2.68. The predicted molar refractivity (Wildman–Crippen MR) is 120 cm³/mol. The molecule has 4 aliphatic rings. The quantitative estimate of drug-likeness (QED) is 0.537. The molecule has 1 aromatic carbocycles.